The first kappa shape index (κ1) is 21.5. The SMILES string of the molecule is [2H][C@](C)(O)C(=O)N1C2CC(F)(C2)[C@H](NS(C)(=O)=O)[C@@H]1Cc1cccc(-c2ccccc2)c1F. The number of halogens is 2. The van der Waals surface area contributed by atoms with Crippen LogP contribution < -0.4 is 4.72 Å². The number of benzene rings is 2. The molecule has 2 heterocycles. The first-order valence-corrected chi connectivity index (χ1v) is 12.2. The minimum absolute atomic E-state index is 0.120. The number of fused-ring (bicyclic) bond motifs is 2. The van der Waals surface area contributed by atoms with Crippen molar-refractivity contribution in [1.82, 2.24) is 9.62 Å². The lowest BCUT2D eigenvalue weighted by atomic mass is 9.64. The fourth-order valence-electron chi connectivity index (χ4n) is 4.89. The van der Waals surface area contributed by atoms with Gasteiger partial charge in [0.05, 0.1) is 19.7 Å². The molecule has 1 amide bonds. The molecule has 172 valence electrons. The van der Waals surface area contributed by atoms with Crippen molar-refractivity contribution in [2.45, 2.75) is 56.1 Å². The molecule has 1 saturated carbocycles. The fourth-order valence-corrected chi connectivity index (χ4v) is 5.72. The Labute approximate surface area is 187 Å². The Kier molecular flexibility index (Phi) is 5.51. The summed E-state index contributed by atoms with van der Waals surface area (Å²) >= 11 is 0. The number of nitrogens with one attached hydrogen (secondary N) is 1. The first-order chi connectivity index (χ1) is 15.3. The number of rotatable bonds is 6. The van der Waals surface area contributed by atoms with Crippen LogP contribution in [0.4, 0.5) is 8.78 Å². The molecule has 3 fully saturated rings. The standard InChI is InChI=1S/C23H26F2N2O4S/c1-14(28)22(29)27-17-12-23(25,13-17)21(26-32(2,30)31)19(27)11-16-9-6-10-18(20(16)24)15-7-4-3-5-8-15/h3-10,14,17,19,21,26,28H,11-13H2,1-2H3/t14-,17?,19+,21-,23?/m1/s1/i14D. The van der Waals surface area contributed by atoms with E-state index >= 15 is 8.78 Å². The molecule has 2 saturated heterocycles. The highest BCUT2D eigenvalue weighted by Gasteiger charge is 2.63. The lowest BCUT2D eigenvalue weighted by Crippen LogP contribution is -2.77. The third-order valence-corrected chi connectivity index (χ3v) is 7.00. The van der Waals surface area contributed by atoms with Gasteiger partial charge in [-0.1, -0.05) is 48.5 Å². The molecule has 2 aromatic rings. The Bertz CT molecular complexity index is 1160. The zero-order chi connectivity index (χ0) is 24.2. The summed E-state index contributed by atoms with van der Waals surface area (Å²) in [6.07, 6.45) is -2.04. The van der Waals surface area contributed by atoms with Crippen LogP contribution in [-0.2, 0) is 21.2 Å². The molecule has 0 aromatic heterocycles. The Morgan fingerprint density at radius 1 is 1.28 bits per heavy atom. The molecule has 0 unspecified atom stereocenters. The summed E-state index contributed by atoms with van der Waals surface area (Å²) in [5, 5.41) is 10.1. The zero-order valence-electron chi connectivity index (χ0n) is 18.8. The van der Waals surface area contributed by atoms with Crippen LogP contribution in [0.5, 0.6) is 0 Å². The van der Waals surface area contributed by atoms with Gasteiger partial charge in [-0.05, 0) is 24.5 Å². The lowest BCUT2D eigenvalue weighted by Gasteiger charge is -2.61. The van der Waals surface area contributed by atoms with Gasteiger partial charge in [-0.3, -0.25) is 4.79 Å². The summed E-state index contributed by atoms with van der Waals surface area (Å²) in [5.74, 6) is -1.53. The molecule has 0 radical (unpaired) electrons. The van der Waals surface area contributed by atoms with Crippen molar-refractivity contribution in [3.05, 3.63) is 59.9 Å². The highest BCUT2D eigenvalue weighted by Crippen LogP contribution is 2.50. The van der Waals surface area contributed by atoms with Gasteiger partial charge in [0.25, 0.3) is 5.91 Å². The van der Waals surface area contributed by atoms with Crippen molar-refractivity contribution in [3.8, 4) is 11.1 Å². The molecule has 5 rings (SSSR count). The number of aliphatic hydroxyl groups is 1. The zero-order valence-corrected chi connectivity index (χ0v) is 18.6. The summed E-state index contributed by atoms with van der Waals surface area (Å²) in [5.41, 5.74) is -0.773. The van der Waals surface area contributed by atoms with E-state index in [0.29, 0.717) is 11.1 Å². The van der Waals surface area contributed by atoms with E-state index in [4.69, 9.17) is 1.37 Å². The van der Waals surface area contributed by atoms with Gasteiger partial charge in [-0.15, -0.1) is 0 Å². The van der Waals surface area contributed by atoms with E-state index in [1.54, 1.807) is 42.5 Å². The van der Waals surface area contributed by atoms with Crippen molar-refractivity contribution in [2.24, 2.45) is 0 Å². The van der Waals surface area contributed by atoms with E-state index in [9.17, 15) is 18.3 Å². The number of piperidine rings is 2. The van der Waals surface area contributed by atoms with E-state index in [-0.39, 0.29) is 24.8 Å². The predicted molar refractivity (Wildman–Crippen MR) is 116 cm³/mol. The second kappa shape index (κ2) is 8.20. The van der Waals surface area contributed by atoms with E-state index < -0.39 is 51.6 Å². The van der Waals surface area contributed by atoms with Crippen LogP contribution in [0.1, 0.15) is 26.7 Å². The third-order valence-electron chi connectivity index (χ3n) is 6.32. The van der Waals surface area contributed by atoms with Crippen molar-refractivity contribution >= 4 is 15.9 Å². The Morgan fingerprint density at radius 3 is 2.53 bits per heavy atom. The Hall–Kier alpha value is -2.36. The molecule has 2 aromatic carbocycles. The van der Waals surface area contributed by atoms with Crippen LogP contribution in [0.25, 0.3) is 11.1 Å². The first-order valence-electron chi connectivity index (χ1n) is 10.8. The van der Waals surface area contributed by atoms with Crippen LogP contribution >= 0.6 is 0 Å². The number of nitrogens with zero attached hydrogens (tertiary/aromatic N) is 1. The van der Waals surface area contributed by atoms with Gasteiger partial charge in [0.1, 0.15) is 17.6 Å². The highest BCUT2D eigenvalue weighted by molar-refractivity contribution is 7.88. The normalized spacial score (nSPS) is 29.6. The molecular weight excluding hydrogens is 438 g/mol. The monoisotopic (exact) mass is 465 g/mol. The molecule has 1 aliphatic carbocycles. The molecule has 0 spiro atoms. The Morgan fingerprint density at radius 2 is 1.94 bits per heavy atom. The summed E-state index contributed by atoms with van der Waals surface area (Å²) in [6.45, 7) is 0.998. The summed E-state index contributed by atoms with van der Waals surface area (Å²) < 4.78 is 65.3. The number of hydrogen-bond acceptors (Lipinski definition) is 4. The minimum atomic E-state index is -3.87. The van der Waals surface area contributed by atoms with Gasteiger partial charge in [-0.2, -0.15) is 0 Å². The summed E-state index contributed by atoms with van der Waals surface area (Å²) in [6, 6.07) is 10.5. The summed E-state index contributed by atoms with van der Waals surface area (Å²) in [4.78, 5) is 14.1. The number of amides is 1. The molecule has 6 nitrogen and oxygen atoms in total. The van der Waals surface area contributed by atoms with Gasteiger partial charge in [0.15, 0.2) is 0 Å². The number of alkyl halides is 1. The topological polar surface area (TPSA) is 86.7 Å². The lowest BCUT2D eigenvalue weighted by molar-refractivity contribution is -0.174. The van der Waals surface area contributed by atoms with Gasteiger partial charge >= 0.3 is 0 Å². The van der Waals surface area contributed by atoms with Crippen molar-refractivity contribution < 1.29 is 28.5 Å². The number of hydrogen-bond donors (Lipinski definition) is 2. The van der Waals surface area contributed by atoms with Crippen LogP contribution in [0.2, 0.25) is 0 Å². The molecule has 2 bridgehead atoms. The van der Waals surface area contributed by atoms with Gasteiger partial charge < -0.3 is 10.0 Å². The van der Waals surface area contributed by atoms with Crippen LogP contribution in [-0.4, -0.2) is 60.5 Å². The van der Waals surface area contributed by atoms with E-state index in [1.165, 1.54) is 11.0 Å². The predicted octanol–water partition coefficient (Wildman–Crippen LogP) is 2.42. The average molecular weight is 466 g/mol. The fraction of sp³-hybridized carbons (Fsp3) is 0.435. The van der Waals surface area contributed by atoms with Crippen molar-refractivity contribution in [1.29, 1.82) is 0 Å². The molecule has 32 heavy (non-hydrogen) atoms. The molecule has 9 heteroatoms. The molecule has 3 atom stereocenters. The summed E-state index contributed by atoms with van der Waals surface area (Å²) in [7, 11) is -3.87. The number of carbonyl (C=O) groups is 1. The van der Waals surface area contributed by atoms with Gasteiger partial charge in [0, 0.05) is 24.4 Å². The second-order valence-corrected chi connectivity index (χ2v) is 10.5. The van der Waals surface area contributed by atoms with Crippen molar-refractivity contribution in [2.75, 3.05) is 6.26 Å². The van der Waals surface area contributed by atoms with E-state index in [1.807, 2.05) is 0 Å². The largest absolute Gasteiger partial charge is 0.384 e. The maximum atomic E-state index is 15.6. The van der Waals surface area contributed by atoms with Crippen molar-refractivity contribution in [3.63, 3.8) is 0 Å². The smallest absolute Gasteiger partial charge is 0.251 e. The maximum Gasteiger partial charge on any atom is 0.251 e. The van der Waals surface area contributed by atoms with Gasteiger partial charge in [-0.25, -0.2) is 21.9 Å². The maximum absolute atomic E-state index is 15.6. The Balaban J connectivity index is 1.77. The number of carbonyl (C=O) groups excluding carboxylic acids is 1. The highest BCUT2D eigenvalue weighted by atomic mass is 32.2. The third kappa shape index (κ3) is 4.16. The van der Waals surface area contributed by atoms with Crippen LogP contribution in [0.3, 0.4) is 0 Å². The molecular formula is C23H26F2N2O4S. The quantitative estimate of drug-likeness (QED) is 0.686. The minimum Gasteiger partial charge on any atom is -0.384 e. The molecule has 2 aliphatic heterocycles. The molecule has 2 N–H and O–H groups in total. The van der Waals surface area contributed by atoms with Crippen LogP contribution in [0, 0.1) is 5.82 Å². The number of sulfonamides is 1. The van der Waals surface area contributed by atoms with Gasteiger partial charge in [0.2, 0.25) is 10.0 Å². The van der Waals surface area contributed by atoms with E-state index in [0.717, 1.165) is 13.2 Å². The molecule has 3 aliphatic rings. The van der Waals surface area contributed by atoms with Crippen LogP contribution in [0.15, 0.2) is 48.5 Å². The second-order valence-electron chi connectivity index (χ2n) is 8.68. The van der Waals surface area contributed by atoms with E-state index in [2.05, 4.69) is 4.72 Å². The average Bonchev–Trinajstić information content (AvgIpc) is 2.69.